The Morgan fingerprint density at radius 1 is 0.926 bits per heavy atom. The fourth-order valence-electron chi connectivity index (χ4n) is 2.91. The first-order chi connectivity index (χ1) is 13.0. The van der Waals surface area contributed by atoms with Crippen molar-refractivity contribution in [2.24, 2.45) is 0 Å². The molecule has 0 saturated heterocycles. The standard InChI is InChI=1S/C20H22NO5P/c1-4-24-27(23,25-5-2)26-19-15(3)20(22)21(16-11-7-6-8-12-16)18-14-10-9-13-17(18)19/h6-14H,4-5H2,1-3H3. The third kappa shape index (κ3) is 3.83. The highest BCUT2D eigenvalue weighted by Gasteiger charge is 2.30. The van der Waals surface area contributed by atoms with Crippen molar-refractivity contribution in [3.8, 4) is 11.4 Å². The van der Waals surface area contributed by atoms with Crippen molar-refractivity contribution in [3.63, 3.8) is 0 Å². The summed E-state index contributed by atoms with van der Waals surface area (Å²) in [5, 5.41) is 0.651. The maximum atomic E-state index is 13.1. The first-order valence-electron chi connectivity index (χ1n) is 8.79. The van der Waals surface area contributed by atoms with Crippen LogP contribution in [0.25, 0.3) is 16.6 Å². The summed E-state index contributed by atoms with van der Waals surface area (Å²) in [4.78, 5) is 13.1. The van der Waals surface area contributed by atoms with Crippen LogP contribution in [0.3, 0.4) is 0 Å². The molecule has 0 aliphatic heterocycles. The molecule has 142 valence electrons. The molecule has 0 spiro atoms. The third-order valence-corrected chi connectivity index (χ3v) is 5.60. The van der Waals surface area contributed by atoms with Gasteiger partial charge in [-0.05, 0) is 45.0 Å². The van der Waals surface area contributed by atoms with Crippen molar-refractivity contribution in [3.05, 3.63) is 70.5 Å². The zero-order chi connectivity index (χ0) is 19.4. The van der Waals surface area contributed by atoms with Crippen LogP contribution in [0, 0.1) is 6.92 Å². The lowest BCUT2D eigenvalue weighted by Crippen LogP contribution is -2.22. The van der Waals surface area contributed by atoms with Crippen LogP contribution in [0.1, 0.15) is 19.4 Å². The highest BCUT2D eigenvalue weighted by molar-refractivity contribution is 7.48. The Balaban J connectivity index is 2.26. The summed E-state index contributed by atoms with van der Waals surface area (Å²) < 4.78 is 30.6. The van der Waals surface area contributed by atoms with Crippen molar-refractivity contribution in [2.75, 3.05) is 13.2 Å². The van der Waals surface area contributed by atoms with Crippen LogP contribution < -0.4 is 10.1 Å². The van der Waals surface area contributed by atoms with E-state index in [1.807, 2.05) is 54.6 Å². The van der Waals surface area contributed by atoms with E-state index in [9.17, 15) is 9.36 Å². The van der Waals surface area contributed by atoms with E-state index in [0.29, 0.717) is 16.5 Å². The molecule has 6 nitrogen and oxygen atoms in total. The number of fused-ring (bicyclic) bond motifs is 1. The second-order valence-electron chi connectivity index (χ2n) is 5.82. The molecule has 0 saturated carbocycles. The topological polar surface area (TPSA) is 66.8 Å². The van der Waals surface area contributed by atoms with Gasteiger partial charge in [-0.15, -0.1) is 0 Å². The van der Waals surface area contributed by atoms with Crippen molar-refractivity contribution >= 4 is 18.7 Å². The monoisotopic (exact) mass is 387 g/mol. The Morgan fingerprint density at radius 2 is 1.52 bits per heavy atom. The van der Waals surface area contributed by atoms with E-state index in [-0.39, 0.29) is 24.5 Å². The minimum atomic E-state index is -3.83. The van der Waals surface area contributed by atoms with Gasteiger partial charge in [0.15, 0.2) is 0 Å². The van der Waals surface area contributed by atoms with E-state index in [1.54, 1.807) is 25.3 Å². The number of phosphoric acid groups is 1. The highest BCUT2D eigenvalue weighted by atomic mass is 31.2. The number of pyridine rings is 1. The maximum Gasteiger partial charge on any atom is 0.530 e. The summed E-state index contributed by atoms with van der Waals surface area (Å²) in [6, 6.07) is 16.7. The van der Waals surface area contributed by atoms with Crippen molar-refractivity contribution in [1.82, 2.24) is 4.57 Å². The van der Waals surface area contributed by atoms with Gasteiger partial charge in [0.25, 0.3) is 5.56 Å². The average Bonchev–Trinajstić information content (AvgIpc) is 2.67. The molecule has 0 fully saturated rings. The number of benzene rings is 2. The number of nitrogens with zero attached hydrogens (tertiary/aromatic N) is 1. The molecular formula is C20H22NO5P. The molecule has 3 rings (SSSR count). The number of hydrogen-bond acceptors (Lipinski definition) is 5. The minimum Gasteiger partial charge on any atom is -0.403 e. The Kier molecular flexibility index (Phi) is 5.80. The van der Waals surface area contributed by atoms with Crippen LogP contribution in [-0.4, -0.2) is 17.8 Å². The van der Waals surface area contributed by atoms with Gasteiger partial charge in [-0.2, -0.15) is 0 Å². The molecule has 0 atom stereocenters. The Labute approximate surface area is 157 Å². The van der Waals surface area contributed by atoms with Crippen LogP contribution in [0.2, 0.25) is 0 Å². The molecule has 2 aromatic carbocycles. The molecule has 0 radical (unpaired) electrons. The lowest BCUT2D eigenvalue weighted by molar-refractivity contribution is 0.167. The largest absolute Gasteiger partial charge is 0.530 e. The second-order valence-corrected chi connectivity index (χ2v) is 7.41. The molecule has 0 aliphatic rings. The van der Waals surface area contributed by atoms with Gasteiger partial charge >= 0.3 is 7.82 Å². The smallest absolute Gasteiger partial charge is 0.403 e. The molecule has 1 heterocycles. The molecule has 7 heteroatoms. The number of phosphoric ester groups is 1. The molecule has 1 aromatic heterocycles. The third-order valence-electron chi connectivity index (χ3n) is 4.05. The van der Waals surface area contributed by atoms with Crippen molar-refractivity contribution in [2.45, 2.75) is 20.8 Å². The Hall–Kier alpha value is -2.40. The van der Waals surface area contributed by atoms with Gasteiger partial charge in [-0.1, -0.05) is 30.3 Å². The van der Waals surface area contributed by atoms with E-state index >= 15 is 0 Å². The lowest BCUT2D eigenvalue weighted by atomic mass is 10.1. The molecule has 3 aromatic rings. The zero-order valence-electron chi connectivity index (χ0n) is 15.5. The summed E-state index contributed by atoms with van der Waals surface area (Å²) in [7, 11) is -3.83. The average molecular weight is 387 g/mol. The van der Waals surface area contributed by atoms with E-state index in [0.717, 1.165) is 5.69 Å². The van der Waals surface area contributed by atoms with Gasteiger partial charge in [-0.3, -0.25) is 18.4 Å². The van der Waals surface area contributed by atoms with Crippen LogP contribution in [-0.2, 0) is 13.6 Å². The van der Waals surface area contributed by atoms with Crippen LogP contribution in [0.15, 0.2) is 59.4 Å². The predicted octanol–water partition coefficient (Wildman–Crippen LogP) is 4.86. The van der Waals surface area contributed by atoms with Gasteiger partial charge in [0, 0.05) is 11.1 Å². The number of rotatable bonds is 7. The lowest BCUT2D eigenvalue weighted by Gasteiger charge is -2.21. The molecule has 27 heavy (non-hydrogen) atoms. The number of aromatic nitrogens is 1. The van der Waals surface area contributed by atoms with E-state index < -0.39 is 7.82 Å². The molecule has 0 unspecified atom stereocenters. The number of para-hydroxylation sites is 2. The van der Waals surface area contributed by atoms with Gasteiger partial charge in [0.1, 0.15) is 5.75 Å². The summed E-state index contributed by atoms with van der Waals surface area (Å²) >= 11 is 0. The minimum absolute atomic E-state index is 0.162. The van der Waals surface area contributed by atoms with Gasteiger partial charge in [0.2, 0.25) is 0 Å². The summed E-state index contributed by atoms with van der Waals surface area (Å²) in [5.74, 6) is 0.216. The Morgan fingerprint density at radius 3 is 2.15 bits per heavy atom. The van der Waals surface area contributed by atoms with Gasteiger partial charge in [0.05, 0.1) is 24.3 Å². The highest BCUT2D eigenvalue weighted by Crippen LogP contribution is 2.51. The summed E-state index contributed by atoms with van der Waals surface area (Å²) in [5.41, 5.74) is 1.46. The molecular weight excluding hydrogens is 365 g/mol. The first-order valence-corrected chi connectivity index (χ1v) is 10.2. The van der Waals surface area contributed by atoms with Crippen LogP contribution >= 0.6 is 7.82 Å². The molecule has 0 N–H and O–H groups in total. The molecule has 0 aliphatic carbocycles. The summed E-state index contributed by atoms with van der Waals surface area (Å²) in [6.07, 6.45) is 0. The predicted molar refractivity (Wildman–Crippen MR) is 106 cm³/mol. The zero-order valence-corrected chi connectivity index (χ0v) is 16.4. The quantitative estimate of drug-likeness (QED) is 0.542. The SMILES string of the molecule is CCOP(=O)(OCC)Oc1c(C)c(=O)n(-c2ccccc2)c2ccccc12. The normalized spacial score (nSPS) is 11.7. The van der Waals surface area contributed by atoms with Crippen LogP contribution in [0.5, 0.6) is 5.75 Å². The summed E-state index contributed by atoms with van der Waals surface area (Å²) in [6.45, 7) is 5.37. The molecule has 0 amide bonds. The fourth-order valence-corrected chi connectivity index (χ4v) is 4.18. The van der Waals surface area contributed by atoms with Gasteiger partial charge in [-0.25, -0.2) is 4.57 Å². The van der Waals surface area contributed by atoms with E-state index in [2.05, 4.69) is 0 Å². The second kappa shape index (κ2) is 8.09. The maximum absolute atomic E-state index is 13.1. The number of hydrogen-bond donors (Lipinski definition) is 0. The Bertz CT molecular complexity index is 1040. The van der Waals surface area contributed by atoms with Crippen LogP contribution in [0.4, 0.5) is 0 Å². The first kappa shape index (κ1) is 19.4. The van der Waals surface area contributed by atoms with Gasteiger partial charge < -0.3 is 4.52 Å². The molecule has 0 bridgehead atoms. The van der Waals surface area contributed by atoms with Crippen molar-refractivity contribution in [1.29, 1.82) is 0 Å². The van der Waals surface area contributed by atoms with E-state index in [4.69, 9.17) is 13.6 Å². The fraction of sp³-hybridized carbons (Fsp3) is 0.250. The van der Waals surface area contributed by atoms with Crippen molar-refractivity contribution < 1.29 is 18.1 Å². The van der Waals surface area contributed by atoms with E-state index in [1.165, 1.54) is 0 Å².